The second kappa shape index (κ2) is 5.61. The number of rotatable bonds is 3. The van der Waals surface area contributed by atoms with Crippen molar-refractivity contribution in [2.45, 2.75) is 32.2 Å². The highest BCUT2D eigenvalue weighted by Crippen LogP contribution is 2.29. The summed E-state index contributed by atoms with van der Waals surface area (Å²) in [4.78, 5) is 8.95. The lowest BCUT2D eigenvalue weighted by molar-refractivity contribution is 0.398. The van der Waals surface area contributed by atoms with Crippen LogP contribution >= 0.6 is 11.8 Å². The van der Waals surface area contributed by atoms with Crippen molar-refractivity contribution in [1.82, 2.24) is 4.98 Å². The van der Waals surface area contributed by atoms with Crippen molar-refractivity contribution >= 4 is 22.6 Å². The predicted octanol–water partition coefficient (Wildman–Crippen LogP) is 3.16. The molecular formula is C13H19N3OS. The highest BCUT2D eigenvalue weighted by Gasteiger charge is 2.25. The van der Waals surface area contributed by atoms with Gasteiger partial charge in [0.25, 0.3) is 0 Å². The Labute approximate surface area is 112 Å². The first kappa shape index (κ1) is 13.2. The molecule has 0 aliphatic carbocycles. The van der Waals surface area contributed by atoms with Crippen molar-refractivity contribution in [1.29, 1.82) is 0 Å². The number of aromatic nitrogens is 1. The Morgan fingerprint density at radius 2 is 2.33 bits per heavy atom. The zero-order valence-corrected chi connectivity index (χ0v) is 11.9. The average Bonchev–Trinajstić information content (AvgIpc) is 2.40. The van der Waals surface area contributed by atoms with Crippen LogP contribution in [-0.2, 0) is 0 Å². The molecule has 2 rings (SSSR count). The summed E-state index contributed by atoms with van der Waals surface area (Å²) in [5, 5.41) is 4.30. The molecule has 0 spiro atoms. The van der Waals surface area contributed by atoms with Gasteiger partial charge in [-0.1, -0.05) is 18.7 Å². The van der Waals surface area contributed by atoms with Gasteiger partial charge in [0, 0.05) is 11.8 Å². The maximum absolute atomic E-state index is 5.04. The fourth-order valence-corrected chi connectivity index (χ4v) is 2.93. The summed E-state index contributed by atoms with van der Waals surface area (Å²) in [5.74, 6) is 1.73. The van der Waals surface area contributed by atoms with E-state index in [-0.39, 0.29) is 5.54 Å². The fraction of sp³-hybridized carbons (Fsp3) is 0.538. The summed E-state index contributed by atoms with van der Waals surface area (Å²) < 4.78 is 5.04. The normalized spacial score (nSPS) is 23.4. The molecule has 1 aromatic rings. The van der Waals surface area contributed by atoms with E-state index in [9.17, 15) is 0 Å². The Balaban J connectivity index is 2.08. The van der Waals surface area contributed by atoms with Crippen LogP contribution in [0.2, 0.25) is 0 Å². The summed E-state index contributed by atoms with van der Waals surface area (Å²) in [6.45, 7) is 4.40. The summed E-state index contributed by atoms with van der Waals surface area (Å²) in [5.41, 5.74) is 1.02. The van der Waals surface area contributed by atoms with E-state index in [4.69, 9.17) is 9.73 Å². The lowest BCUT2D eigenvalue weighted by Gasteiger charge is -2.29. The molecule has 5 heteroatoms. The summed E-state index contributed by atoms with van der Waals surface area (Å²) in [6.07, 6.45) is 3.97. The molecule has 0 bridgehead atoms. The third kappa shape index (κ3) is 3.16. The van der Waals surface area contributed by atoms with Gasteiger partial charge in [-0.15, -0.1) is 0 Å². The van der Waals surface area contributed by atoms with Gasteiger partial charge in [-0.2, -0.15) is 0 Å². The molecule has 0 radical (unpaired) electrons. The van der Waals surface area contributed by atoms with Gasteiger partial charge in [0.2, 0.25) is 5.88 Å². The van der Waals surface area contributed by atoms with E-state index in [0.717, 1.165) is 29.4 Å². The molecule has 1 aliphatic rings. The minimum Gasteiger partial charge on any atom is -0.481 e. The number of nitrogens with zero attached hydrogens (tertiary/aromatic N) is 2. The number of pyridine rings is 1. The first-order valence-corrected chi connectivity index (χ1v) is 7.13. The van der Waals surface area contributed by atoms with Crippen molar-refractivity contribution in [3.63, 3.8) is 0 Å². The number of amidine groups is 1. The van der Waals surface area contributed by atoms with E-state index in [1.54, 1.807) is 25.1 Å². The molecule has 2 heterocycles. The number of methoxy groups -OCH3 is 1. The van der Waals surface area contributed by atoms with Gasteiger partial charge in [0.15, 0.2) is 5.17 Å². The number of hydrogen-bond acceptors (Lipinski definition) is 5. The molecule has 0 fully saturated rings. The molecule has 1 aliphatic heterocycles. The molecule has 98 valence electrons. The topological polar surface area (TPSA) is 46.5 Å². The lowest BCUT2D eigenvalue weighted by atomic mass is 9.97. The van der Waals surface area contributed by atoms with E-state index >= 15 is 0 Å². The van der Waals surface area contributed by atoms with E-state index in [2.05, 4.69) is 24.1 Å². The monoisotopic (exact) mass is 265 g/mol. The van der Waals surface area contributed by atoms with Gasteiger partial charge >= 0.3 is 0 Å². The fourth-order valence-electron chi connectivity index (χ4n) is 1.72. The smallest absolute Gasteiger partial charge is 0.213 e. The van der Waals surface area contributed by atoms with E-state index in [0.29, 0.717) is 5.88 Å². The number of hydrogen-bond donors (Lipinski definition) is 1. The van der Waals surface area contributed by atoms with Crippen LogP contribution in [0.1, 0.15) is 26.7 Å². The number of aliphatic imine (C=N–C) groups is 1. The predicted molar refractivity (Wildman–Crippen MR) is 77.6 cm³/mol. The zero-order valence-electron chi connectivity index (χ0n) is 11.1. The summed E-state index contributed by atoms with van der Waals surface area (Å²) in [6, 6.07) is 3.79. The molecule has 1 N–H and O–H groups in total. The molecule has 4 nitrogen and oxygen atoms in total. The van der Waals surface area contributed by atoms with Crippen LogP contribution < -0.4 is 10.1 Å². The number of ether oxygens (including phenoxy) is 1. The van der Waals surface area contributed by atoms with Gasteiger partial charge in [0.05, 0.1) is 24.5 Å². The van der Waals surface area contributed by atoms with Crippen LogP contribution in [0.4, 0.5) is 5.69 Å². The average molecular weight is 265 g/mol. The van der Waals surface area contributed by atoms with E-state index < -0.39 is 0 Å². The minimum absolute atomic E-state index is 0.0769. The highest BCUT2D eigenvalue weighted by atomic mass is 32.2. The quantitative estimate of drug-likeness (QED) is 0.912. The standard InChI is InChI=1S/C13H19N3OS/c1-4-13(2)7-8-18-12(16-13)15-10-5-6-11(17-3)14-9-10/h5-6,9H,4,7-8H2,1-3H3,(H,15,16). The van der Waals surface area contributed by atoms with Crippen molar-refractivity contribution in [3.05, 3.63) is 18.3 Å². The minimum atomic E-state index is 0.0769. The largest absolute Gasteiger partial charge is 0.481 e. The SMILES string of the molecule is CCC1(C)CCSC(Nc2ccc(OC)nc2)=N1. The molecule has 0 aromatic carbocycles. The third-order valence-electron chi connectivity index (χ3n) is 3.21. The summed E-state index contributed by atoms with van der Waals surface area (Å²) >= 11 is 1.77. The van der Waals surface area contributed by atoms with Gasteiger partial charge < -0.3 is 10.1 Å². The Bertz CT molecular complexity index is 432. The zero-order chi connectivity index (χ0) is 13.0. The van der Waals surface area contributed by atoms with Crippen molar-refractivity contribution in [3.8, 4) is 5.88 Å². The number of anilines is 1. The maximum atomic E-state index is 5.04. The van der Waals surface area contributed by atoms with E-state index in [1.165, 1.54) is 0 Å². The number of thioether (sulfide) groups is 1. The maximum Gasteiger partial charge on any atom is 0.213 e. The Hall–Kier alpha value is -1.23. The van der Waals surface area contributed by atoms with Gasteiger partial charge in [-0.25, -0.2) is 4.98 Å². The van der Waals surface area contributed by atoms with Crippen LogP contribution in [0.5, 0.6) is 5.88 Å². The molecule has 1 unspecified atom stereocenters. The molecular weight excluding hydrogens is 246 g/mol. The Kier molecular flexibility index (Phi) is 4.11. The van der Waals surface area contributed by atoms with Crippen LogP contribution in [0.25, 0.3) is 0 Å². The van der Waals surface area contributed by atoms with Crippen LogP contribution in [0.15, 0.2) is 23.3 Å². The Morgan fingerprint density at radius 3 is 2.94 bits per heavy atom. The molecule has 18 heavy (non-hydrogen) atoms. The first-order chi connectivity index (χ1) is 8.65. The van der Waals surface area contributed by atoms with Crippen LogP contribution in [0.3, 0.4) is 0 Å². The van der Waals surface area contributed by atoms with Crippen molar-refractivity contribution < 1.29 is 4.74 Å². The molecule has 1 atom stereocenters. The molecule has 1 aromatic heterocycles. The van der Waals surface area contributed by atoms with Crippen LogP contribution in [-0.4, -0.2) is 28.6 Å². The molecule has 0 saturated carbocycles. The van der Waals surface area contributed by atoms with Gasteiger partial charge in [0.1, 0.15) is 0 Å². The van der Waals surface area contributed by atoms with Gasteiger partial charge in [-0.3, -0.25) is 4.99 Å². The molecule has 0 amide bonds. The second-order valence-corrected chi connectivity index (χ2v) is 5.66. The first-order valence-electron chi connectivity index (χ1n) is 6.15. The van der Waals surface area contributed by atoms with E-state index in [1.807, 2.05) is 12.1 Å². The van der Waals surface area contributed by atoms with Crippen LogP contribution in [0, 0.1) is 0 Å². The van der Waals surface area contributed by atoms with Gasteiger partial charge in [-0.05, 0) is 25.8 Å². The Morgan fingerprint density at radius 1 is 1.50 bits per heavy atom. The van der Waals surface area contributed by atoms with Crippen molar-refractivity contribution in [2.24, 2.45) is 4.99 Å². The summed E-state index contributed by atoms with van der Waals surface area (Å²) in [7, 11) is 1.61. The second-order valence-electron chi connectivity index (χ2n) is 4.58. The third-order valence-corrected chi connectivity index (χ3v) is 4.08. The lowest BCUT2D eigenvalue weighted by Crippen LogP contribution is -2.29. The number of nitrogens with one attached hydrogen (secondary N) is 1. The van der Waals surface area contributed by atoms with Crippen molar-refractivity contribution in [2.75, 3.05) is 18.2 Å². The highest BCUT2D eigenvalue weighted by molar-refractivity contribution is 8.14. The molecule has 0 saturated heterocycles.